The molecule has 0 aliphatic rings. The maximum Gasteiger partial charge on any atom is 0.195 e. The molecule has 12 rings (SSSR count). The predicted molar refractivity (Wildman–Crippen MR) is 292 cm³/mol. The maximum atomic E-state index is 10.8. The molecule has 0 amide bonds. The summed E-state index contributed by atoms with van der Waals surface area (Å²) >= 11 is 0. The molecule has 0 aliphatic carbocycles. The van der Waals surface area contributed by atoms with Gasteiger partial charge in [0.1, 0.15) is 0 Å². The van der Waals surface area contributed by atoms with Crippen molar-refractivity contribution in [3.63, 3.8) is 0 Å². The molecule has 0 spiro atoms. The smallest absolute Gasteiger partial charge is 0.195 e. The van der Waals surface area contributed by atoms with E-state index in [-0.39, 0.29) is 0 Å². The van der Waals surface area contributed by atoms with Crippen molar-refractivity contribution in [3.05, 3.63) is 245 Å². The fourth-order valence-electron chi connectivity index (χ4n) is 10.8. The molecule has 0 atom stereocenters. The highest BCUT2D eigenvalue weighted by Crippen LogP contribution is 2.43. The number of nitrogens with zero attached hydrogens (tertiary/aromatic N) is 4. The van der Waals surface area contributed by atoms with E-state index in [2.05, 4.69) is 230 Å². The average molecular weight is 895 g/mol. The monoisotopic (exact) mass is 894 g/mol. The van der Waals surface area contributed by atoms with Crippen molar-refractivity contribution < 1.29 is 0 Å². The van der Waals surface area contributed by atoms with Crippen LogP contribution >= 0.6 is 0 Å². The molecule has 0 saturated heterocycles. The molecule has 0 saturated carbocycles. The molecule has 12 aromatic rings. The van der Waals surface area contributed by atoms with Crippen LogP contribution in [0, 0.1) is 45.6 Å². The Labute approximate surface area is 408 Å². The van der Waals surface area contributed by atoms with Crippen molar-refractivity contribution in [1.82, 2.24) is 9.13 Å². The lowest BCUT2D eigenvalue weighted by atomic mass is 9.97. The molecule has 0 N–H and O–H groups in total. The summed E-state index contributed by atoms with van der Waals surface area (Å²) in [5.41, 5.74) is 22.8. The van der Waals surface area contributed by atoms with Gasteiger partial charge in [0.05, 0.1) is 40.3 Å². The molecule has 10 aromatic carbocycles. The molecule has 0 radical (unpaired) electrons. The second-order valence-corrected chi connectivity index (χ2v) is 18.5. The van der Waals surface area contributed by atoms with E-state index in [0.717, 1.165) is 77.2 Å². The lowest BCUT2D eigenvalue weighted by Gasteiger charge is -2.15. The Morgan fingerprint density at radius 1 is 0.357 bits per heavy atom. The highest BCUT2D eigenvalue weighted by molar-refractivity contribution is 6.13. The number of nitriles is 1. The van der Waals surface area contributed by atoms with Crippen molar-refractivity contribution in [2.75, 3.05) is 0 Å². The zero-order chi connectivity index (χ0) is 47.6. The second-order valence-electron chi connectivity index (χ2n) is 18.5. The van der Waals surface area contributed by atoms with Gasteiger partial charge in [0.15, 0.2) is 5.69 Å². The number of aryl methyl sites for hydroxylation is 4. The van der Waals surface area contributed by atoms with E-state index in [1.165, 1.54) is 44.5 Å². The van der Waals surface area contributed by atoms with Gasteiger partial charge in [-0.1, -0.05) is 127 Å². The van der Waals surface area contributed by atoms with Gasteiger partial charge < -0.3 is 9.13 Å². The van der Waals surface area contributed by atoms with E-state index >= 15 is 0 Å². The standard InChI is InChI=1S/C66H46N4/c1-41-14-6-10-18-52(41)45-23-30-63-58(34-45)59-35-46(53-19-11-7-15-42(53)2)24-31-64(59)69(63)50-27-22-49(40-67)56(38-50)57-39-51(28-29-62(57)68-5)70-65-32-25-47(54-20-12-8-16-43(54)3)36-60(65)61-37-48(26-33-66(61)70)55-21-13-9-17-44(55)4/h6-39H,1-4H3. The van der Waals surface area contributed by atoms with Gasteiger partial charge in [-0.25, -0.2) is 4.85 Å². The lowest BCUT2D eigenvalue weighted by Crippen LogP contribution is -1.98. The normalized spacial score (nSPS) is 11.4. The van der Waals surface area contributed by atoms with Crippen LogP contribution in [0.25, 0.3) is 115 Å². The predicted octanol–water partition coefficient (Wildman–Crippen LogP) is 17.9. The molecule has 70 heavy (non-hydrogen) atoms. The van der Waals surface area contributed by atoms with E-state index in [4.69, 9.17) is 6.57 Å². The van der Waals surface area contributed by atoms with Crippen molar-refractivity contribution in [2.24, 2.45) is 0 Å². The Bertz CT molecular complexity index is 3720. The first-order chi connectivity index (χ1) is 34.3. The Morgan fingerprint density at radius 3 is 1.01 bits per heavy atom. The maximum absolute atomic E-state index is 10.8. The summed E-state index contributed by atoms with van der Waals surface area (Å²) in [6, 6.07) is 75.8. The van der Waals surface area contributed by atoms with Gasteiger partial charge in [0.2, 0.25) is 0 Å². The third-order valence-corrected chi connectivity index (χ3v) is 14.4. The van der Waals surface area contributed by atoms with Gasteiger partial charge in [-0.15, -0.1) is 0 Å². The zero-order valence-electron chi connectivity index (χ0n) is 39.4. The van der Waals surface area contributed by atoms with E-state index in [1.54, 1.807) is 0 Å². The zero-order valence-corrected chi connectivity index (χ0v) is 39.4. The molecule has 2 heterocycles. The lowest BCUT2D eigenvalue weighted by molar-refractivity contribution is 1.17. The Balaban J connectivity index is 1.07. The van der Waals surface area contributed by atoms with Crippen LogP contribution in [0.15, 0.2) is 206 Å². The molecule has 330 valence electrons. The van der Waals surface area contributed by atoms with Crippen LogP contribution in [0.3, 0.4) is 0 Å². The molecule has 0 unspecified atom stereocenters. The fraction of sp³-hybridized carbons (Fsp3) is 0.0606. The summed E-state index contributed by atoms with van der Waals surface area (Å²) in [4.78, 5) is 4.08. The fourth-order valence-corrected chi connectivity index (χ4v) is 10.8. The average Bonchev–Trinajstić information content (AvgIpc) is 3.90. The summed E-state index contributed by atoms with van der Waals surface area (Å²) in [6.45, 7) is 17.1. The van der Waals surface area contributed by atoms with Crippen LogP contribution < -0.4 is 0 Å². The summed E-state index contributed by atoms with van der Waals surface area (Å²) in [7, 11) is 0. The van der Waals surface area contributed by atoms with Gasteiger partial charge >= 0.3 is 0 Å². The number of hydrogen-bond acceptors (Lipinski definition) is 1. The van der Waals surface area contributed by atoms with E-state index in [0.29, 0.717) is 22.4 Å². The SMILES string of the molecule is [C-]#[N+]c1ccc(-n2c3ccc(-c4ccccc4C)cc3c3cc(-c4ccccc4C)ccc32)cc1-c1cc(-n2c3ccc(-c4ccccc4C)cc3c3cc(-c4ccccc4C)ccc32)ccc1C#N. The molecule has 2 aromatic heterocycles. The van der Waals surface area contributed by atoms with Crippen LogP contribution in [-0.2, 0) is 0 Å². The number of aromatic nitrogens is 2. The van der Waals surface area contributed by atoms with Crippen molar-refractivity contribution in [1.29, 1.82) is 5.26 Å². The Morgan fingerprint density at radius 2 is 0.686 bits per heavy atom. The summed E-state index contributed by atoms with van der Waals surface area (Å²) in [6.07, 6.45) is 0. The topological polar surface area (TPSA) is 38.0 Å². The number of benzene rings is 10. The highest BCUT2D eigenvalue weighted by atomic mass is 15.0. The minimum absolute atomic E-state index is 0.481. The highest BCUT2D eigenvalue weighted by Gasteiger charge is 2.21. The van der Waals surface area contributed by atoms with E-state index < -0.39 is 0 Å². The summed E-state index contributed by atoms with van der Waals surface area (Å²) in [5.74, 6) is 0. The molecule has 0 aliphatic heterocycles. The minimum Gasteiger partial charge on any atom is -0.309 e. The van der Waals surface area contributed by atoms with Gasteiger partial charge in [-0.05, 0) is 184 Å². The van der Waals surface area contributed by atoms with Gasteiger partial charge in [0, 0.05) is 32.9 Å². The first-order valence-corrected chi connectivity index (χ1v) is 23.8. The van der Waals surface area contributed by atoms with Crippen molar-refractivity contribution >= 4 is 49.3 Å². The molecule has 0 fully saturated rings. The van der Waals surface area contributed by atoms with Crippen LogP contribution in [0.4, 0.5) is 5.69 Å². The van der Waals surface area contributed by atoms with E-state index in [1.807, 2.05) is 24.3 Å². The van der Waals surface area contributed by atoms with Crippen LogP contribution in [-0.4, -0.2) is 9.13 Å². The largest absolute Gasteiger partial charge is 0.309 e. The van der Waals surface area contributed by atoms with Crippen molar-refractivity contribution in [3.8, 4) is 73.1 Å². The number of rotatable bonds is 7. The number of hydrogen-bond donors (Lipinski definition) is 0. The first kappa shape index (κ1) is 42.2. The van der Waals surface area contributed by atoms with Gasteiger partial charge in [-0.2, -0.15) is 5.26 Å². The molecular weight excluding hydrogens is 849 g/mol. The van der Waals surface area contributed by atoms with Gasteiger partial charge in [0.25, 0.3) is 0 Å². The van der Waals surface area contributed by atoms with Crippen molar-refractivity contribution in [2.45, 2.75) is 27.7 Å². The Kier molecular flexibility index (Phi) is 10.1. The third kappa shape index (κ3) is 6.89. The second kappa shape index (κ2) is 16.8. The van der Waals surface area contributed by atoms with Gasteiger partial charge in [-0.3, -0.25) is 0 Å². The molecule has 4 heteroatoms. The van der Waals surface area contributed by atoms with Crippen LogP contribution in [0.1, 0.15) is 27.8 Å². The molecule has 4 nitrogen and oxygen atoms in total. The van der Waals surface area contributed by atoms with E-state index in [9.17, 15) is 5.26 Å². The third-order valence-electron chi connectivity index (χ3n) is 14.4. The minimum atomic E-state index is 0.481. The van der Waals surface area contributed by atoms with Crippen LogP contribution in [0.2, 0.25) is 0 Å². The summed E-state index contributed by atoms with van der Waals surface area (Å²) < 4.78 is 4.62. The number of fused-ring (bicyclic) bond motifs is 6. The Hall–Kier alpha value is -9.22. The molecular formula is C66H46N4. The van der Waals surface area contributed by atoms with Crippen LogP contribution in [0.5, 0.6) is 0 Å². The molecule has 0 bridgehead atoms. The quantitative estimate of drug-likeness (QED) is 0.147. The summed E-state index contributed by atoms with van der Waals surface area (Å²) in [5, 5.41) is 15.4. The first-order valence-electron chi connectivity index (χ1n) is 23.8.